The van der Waals surface area contributed by atoms with E-state index in [0.29, 0.717) is 19.7 Å². The molecule has 0 saturated carbocycles. The molecule has 1 aliphatic rings. The Morgan fingerprint density at radius 2 is 2.20 bits per heavy atom. The van der Waals surface area contributed by atoms with Crippen LogP contribution in [0.25, 0.3) is 0 Å². The van der Waals surface area contributed by atoms with Crippen LogP contribution in [0, 0.1) is 12.8 Å². The summed E-state index contributed by atoms with van der Waals surface area (Å²) in [5.74, 6) is 1.49. The van der Waals surface area contributed by atoms with Crippen molar-refractivity contribution in [3.8, 4) is 5.75 Å². The van der Waals surface area contributed by atoms with E-state index >= 15 is 0 Å². The number of benzene rings is 1. The second-order valence-electron chi connectivity index (χ2n) is 6.30. The molecule has 0 aromatic heterocycles. The lowest BCUT2D eigenvalue weighted by Crippen LogP contribution is -2.48. The van der Waals surface area contributed by atoms with E-state index in [0.717, 1.165) is 42.2 Å². The lowest BCUT2D eigenvalue weighted by Gasteiger charge is -2.34. The van der Waals surface area contributed by atoms with Crippen LogP contribution in [-0.4, -0.2) is 50.7 Å². The highest BCUT2D eigenvalue weighted by molar-refractivity contribution is 5.81. The zero-order chi connectivity index (χ0) is 18.2. The molecule has 1 fully saturated rings. The molecule has 138 valence electrons. The van der Waals surface area contributed by atoms with Gasteiger partial charge in [0.1, 0.15) is 5.75 Å². The number of hydrogen-bond acceptors (Lipinski definition) is 4. The van der Waals surface area contributed by atoms with Gasteiger partial charge < -0.3 is 19.7 Å². The lowest BCUT2D eigenvalue weighted by atomic mass is 9.98. The summed E-state index contributed by atoms with van der Waals surface area (Å²) in [6.07, 6.45) is 1.84. The Morgan fingerprint density at radius 3 is 2.88 bits per heavy atom. The summed E-state index contributed by atoms with van der Waals surface area (Å²) >= 11 is 0. The van der Waals surface area contributed by atoms with Crippen molar-refractivity contribution in [3.63, 3.8) is 0 Å². The number of rotatable bonds is 5. The largest absolute Gasteiger partial charge is 0.497 e. The number of piperidine rings is 1. The van der Waals surface area contributed by atoms with Crippen molar-refractivity contribution >= 4 is 11.9 Å². The third kappa shape index (κ3) is 5.37. The maximum absolute atomic E-state index is 12.0. The number of hydrogen-bond donors (Lipinski definition) is 1. The van der Waals surface area contributed by atoms with E-state index < -0.39 is 0 Å². The van der Waals surface area contributed by atoms with Crippen molar-refractivity contribution in [1.29, 1.82) is 0 Å². The second kappa shape index (κ2) is 9.30. The van der Waals surface area contributed by atoms with Gasteiger partial charge in [-0.2, -0.15) is 0 Å². The summed E-state index contributed by atoms with van der Waals surface area (Å²) in [5.41, 5.74) is 2.29. The van der Waals surface area contributed by atoms with Crippen LogP contribution in [0.5, 0.6) is 5.75 Å². The summed E-state index contributed by atoms with van der Waals surface area (Å²) in [4.78, 5) is 18.5. The van der Waals surface area contributed by atoms with Crippen LogP contribution in [-0.2, 0) is 16.1 Å². The fourth-order valence-electron chi connectivity index (χ4n) is 3.18. The van der Waals surface area contributed by atoms with Gasteiger partial charge in [-0.3, -0.25) is 9.79 Å². The van der Waals surface area contributed by atoms with Crippen LogP contribution in [0.3, 0.4) is 0 Å². The van der Waals surface area contributed by atoms with E-state index in [-0.39, 0.29) is 11.9 Å². The number of carbonyl (C=O) groups excluding carboxylic acids is 1. The maximum atomic E-state index is 12.0. The summed E-state index contributed by atoms with van der Waals surface area (Å²) in [6, 6.07) is 6.15. The van der Waals surface area contributed by atoms with Crippen molar-refractivity contribution in [2.24, 2.45) is 10.9 Å². The first-order chi connectivity index (χ1) is 12.1. The highest BCUT2D eigenvalue weighted by atomic mass is 16.5. The lowest BCUT2D eigenvalue weighted by molar-refractivity contribution is -0.149. The third-order valence-electron chi connectivity index (χ3n) is 4.35. The smallest absolute Gasteiger partial charge is 0.310 e. The standard InChI is InChI=1S/C19H29N3O3/c1-5-25-18(23)16-7-6-8-22(13-16)19(20-3)21-12-15-9-14(2)10-17(11-15)24-4/h9-11,16H,5-8,12-13H2,1-4H3,(H,20,21). The number of methoxy groups -OCH3 is 1. The molecular formula is C19H29N3O3. The molecule has 0 spiro atoms. The molecule has 1 aromatic rings. The molecule has 6 nitrogen and oxygen atoms in total. The van der Waals surface area contributed by atoms with Gasteiger partial charge in [-0.1, -0.05) is 6.07 Å². The first-order valence-corrected chi connectivity index (χ1v) is 8.84. The Morgan fingerprint density at radius 1 is 1.40 bits per heavy atom. The Balaban J connectivity index is 1.98. The van der Waals surface area contributed by atoms with Gasteiger partial charge in [-0.15, -0.1) is 0 Å². The third-order valence-corrected chi connectivity index (χ3v) is 4.35. The van der Waals surface area contributed by atoms with Crippen molar-refractivity contribution in [2.75, 3.05) is 33.9 Å². The maximum Gasteiger partial charge on any atom is 0.310 e. The topological polar surface area (TPSA) is 63.2 Å². The molecule has 1 heterocycles. The molecule has 1 unspecified atom stereocenters. The van der Waals surface area contributed by atoms with Gasteiger partial charge in [-0.05, 0) is 49.9 Å². The minimum absolute atomic E-state index is 0.0775. The molecule has 1 N–H and O–H groups in total. The fourth-order valence-corrected chi connectivity index (χ4v) is 3.18. The number of carbonyl (C=O) groups is 1. The van der Waals surface area contributed by atoms with Gasteiger partial charge in [0.15, 0.2) is 5.96 Å². The fraction of sp³-hybridized carbons (Fsp3) is 0.579. The van der Waals surface area contributed by atoms with Crippen LogP contribution in [0.2, 0.25) is 0 Å². The minimum Gasteiger partial charge on any atom is -0.497 e. The zero-order valence-electron chi connectivity index (χ0n) is 15.7. The van der Waals surface area contributed by atoms with Gasteiger partial charge in [0.05, 0.1) is 19.6 Å². The van der Waals surface area contributed by atoms with Gasteiger partial charge in [0, 0.05) is 26.7 Å². The molecule has 2 rings (SSSR count). The van der Waals surface area contributed by atoms with Crippen LogP contribution < -0.4 is 10.1 Å². The number of likely N-dealkylation sites (tertiary alicyclic amines) is 1. The van der Waals surface area contributed by atoms with Crippen LogP contribution in [0.15, 0.2) is 23.2 Å². The molecule has 0 aliphatic carbocycles. The van der Waals surface area contributed by atoms with Gasteiger partial charge in [0.25, 0.3) is 0 Å². The summed E-state index contributed by atoms with van der Waals surface area (Å²) < 4.78 is 10.5. The number of nitrogens with zero attached hydrogens (tertiary/aromatic N) is 2. The van der Waals surface area contributed by atoms with E-state index in [9.17, 15) is 4.79 Å². The molecule has 25 heavy (non-hydrogen) atoms. The molecule has 1 saturated heterocycles. The molecule has 6 heteroatoms. The van der Waals surface area contributed by atoms with Crippen molar-refractivity contribution in [3.05, 3.63) is 29.3 Å². The van der Waals surface area contributed by atoms with E-state index in [1.807, 2.05) is 19.1 Å². The molecule has 1 aliphatic heterocycles. The number of aliphatic imine (C=N–C) groups is 1. The van der Waals surface area contributed by atoms with Crippen molar-refractivity contribution < 1.29 is 14.3 Å². The van der Waals surface area contributed by atoms with Gasteiger partial charge in [-0.25, -0.2) is 0 Å². The first kappa shape index (κ1) is 19.1. The Bertz CT molecular complexity index is 616. The van der Waals surface area contributed by atoms with Gasteiger partial charge >= 0.3 is 5.97 Å². The number of guanidine groups is 1. The average Bonchev–Trinajstić information content (AvgIpc) is 2.62. The predicted molar refractivity (Wildman–Crippen MR) is 98.9 cm³/mol. The number of nitrogens with one attached hydrogen (secondary N) is 1. The number of ether oxygens (including phenoxy) is 2. The van der Waals surface area contributed by atoms with Crippen molar-refractivity contribution in [1.82, 2.24) is 10.2 Å². The molecule has 1 aromatic carbocycles. The molecule has 0 radical (unpaired) electrons. The summed E-state index contributed by atoms with van der Waals surface area (Å²) in [7, 11) is 3.45. The second-order valence-corrected chi connectivity index (χ2v) is 6.30. The van der Waals surface area contributed by atoms with Crippen LogP contribution >= 0.6 is 0 Å². The van der Waals surface area contributed by atoms with Crippen molar-refractivity contribution in [2.45, 2.75) is 33.2 Å². The quantitative estimate of drug-likeness (QED) is 0.503. The van der Waals surface area contributed by atoms with Crippen LogP contribution in [0.1, 0.15) is 30.9 Å². The van der Waals surface area contributed by atoms with E-state index in [1.54, 1.807) is 14.2 Å². The molecule has 0 bridgehead atoms. The average molecular weight is 347 g/mol. The van der Waals surface area contributed by atoms with E-state index in [1.165, 1.54) is 0 Å². The highest BCUT2D eigenvalue weighted by Gasteiger charge is 2.28. The van der Waals surface area contributed by atoms with E-state index in [2.05, 4.69) is 28.2 Å². The minimum atomic E-state index is -0.105. The SMILES string of the molecule is CCOC(=O)C1CCCN(C(=NC)NCc2cc(C)cc(OC)c2)C1. The monoisotopic (exact) mass is 347 g/mol. The van der Waals surface area contributed by atoms with Crippen LogP contribution in [0.4, 0.5) is 0 Å². The van der Waals surface area contributed by atoms with Gasteiger partial charge in [0.2, 0.25) is 0 Å². The molecule has 1 atom stereocenters. The first-order valence-electron chi connectivity index (χ1n) is 8.84. The summed E-state index contributed by atoms with van der Waals surface area (Å²) in [6.45, 7) is 6.52. The Hall–Kier alpha value is -2.24. The number of esters is 1. The molecule has 0 amide bonds. The zero-order valence-corrected chi connectivity index (χ0v) is 15.7. The molecular weight excluding hydrogens is 318 g/mol. The normalized spacial score (nSPS) is 18.0. The Labute approximate surface area is 150 Å². The Kier molecular flexibility index (Phi) is 7.10. The van der Waals surface area contributed by atoms with E-state index in [4.69, 9.17) is 9.47 Å². The number of aryl methyl sites for hydroxylation is 1. The predicted octanol–water partition coefficient (Wildman–Crippen LogP) is 2.35. The highest BCUT2D eigenvalue weighted by Crippen LogP contribution is 2.19. The summed E-state index contributed by atoms with van der Waals surface area (Å²) in [5, 5.41) is 3.39.